The predicted molar refractivity (Wildman–Crippen MR) is 73.2 cm³/mol. The van der Waals surface area contributed by atoms with E-state index < -0.39 is 0 Å². The van der Waals surface area contributed by atoms with Crippen LogP contribution >= 0.6 is 0 Å². The molecule has 4 aliphatic rings. The van der Waals surface area contributed by atoms with E-state index in [1.807, 2.05) is 0 Å². The Hall–Kier alpha value is -1.12. The summed E-state index contributed by atoms with van der Waals surface area (Å²) in [4.78, 5) is 4.09. The molecule has 0 radical (unpaired) electrons. The van der Waals surface area contributed by atoms with Crippen LogP contribution in [0.15, 0.2) is 18.3 Å². The van der Waals surface area contributed by atoms with Crippen molar-refractivity contribution in [1.29, 1.82) is 0 Å². The lowest BCUT2D eigenvalue weighted by atomic mass is 9.52. The van der Waals surface area contributed by atoms with Crippen molar-refractivity contribution < 1.29 is 4.39 Å². The SMILES string of the molecule is Fc1cccnc1NCC1C2CC3CC(C2)CC1C3. The van der Waals surface area contributed by atoms with Crippen molar-refractivity contribution in [2.75, 3.05) is 11.9 Å². The van der Waals surface area contributed by atoms with E-state index in [2.05, 4.69) is 10.3 Å². The first-order chi connectivity index (χ1) is 9.29. The average molecular weight is 260 g/mol. The Morgan fingerprint density at radius 3 is 2.42 bits per heavy atom. The number of hydrogen-bond donors (Lipinski definition) is 1. The van der Waals surface area contributed by atoms with E-state index in [9.17, 15) is 4.39 Å². The molecule has 1 N–H and O–H groups in total. The van der Waals surface area contributed by atoms with E-state index in [0.717, 1.165) is 36.1 Å². The van der Waals surface area contributed by atoms with Crippen molar-refractivity contribution in [3.8, 4) is 0 Å². The Bertz CT molecular complexity index is 446. The molecular formula is C16H21FN2. The summed E-state index contributed by atoms with van der Waals surface area (Å²) in [6, 6.07) is 3.12. The third kappa shape index (κ3) is 2.03. The van der Waals surface area contributed by atoms with Gasteiger partial charge >= 0.3 is 0 Å². The van der Waals surface area contributed by atoms with E-state index in [1.165, 1.54) is 38.2 Å². The highest BCUT2D eigenvalue weighted by Gasteiger charge is 2.47. The molecule has 0 saturated heterocycles. The van der Waals surface area contributed by atoms with Crippen LogP contribution in [0.4, 0.5) is 10.2 Å². The molecule has 0 amide bonds. The molecule has 19 heavy (non-hydrogen) atoms. The number of aromatic nitrogens is 1. The van der Waals surface area contributed by atoms with E-state index in [1.54, 1.807) is 12.3 Å². The van der Waals surface area contributed by atoms with Crippen molar-refractivity contribution >= 4 is 5.82 Å². The van der Waals surface area contributed by atoms with Gasteiger partial charge in [0.2, 0.25) is 0 Å². The Labute approximate surface area is 113 Å². The summed E-state index contributed by atoms with van der Waals surface area (Å²) in [5, 5.41) is 3.25. The fourth-order valence-corrected chi connectivity index (χ4v) is 5.10. The van der Waals surface area contributed by atoms with E-state index in [-0.39, 0.29) is 5.82 Å². The maximum Gasteiger partial charge on any atom is 0.165 e. The molecule has 4 bridgehead atoms. The monoisotopic (exact) mass is 260 g/mol. The van der Waals surface area contributed by atoms with Crippen molar-refractivity contribution in [3.05, 3.63) is 24.1 Å². The Morgan fingerprint density at radius 1 is 1.11 bits per heavy atom. The van der Waals surface area contributed by atoms with Gasteiger partial charge < -0.3 is 5.32 Å². The first kappa shape index (κ1) is 11.7. The summed E-state index contributed by atoms with van der Waals surface area (Å²) < 4.78 is 13.6. The minimum Gasteiger partial charge on any atom is -0.367 e. The number of halogens is 1. The summed E-state index contributed by atoms with van der Waals surface area (Å²) in [5.74, 6) is 4.72. The average Bonchev–Trinajstić information content (AvgIpc) is 2.39. The number of nitrogens with zero attached hydrogens (tertiary/aromatic N) is 1. The van der Waals surface area contributed by atoms with Crippen LogP contribution in [0.2, 0.25) is 0 Å². The predicted octanol–water partition coefficient (Wildman–Crippen LogP) is 3.70. The first-order valence-corrected chi connectivity index (χ1v) is 7.64. The quantitative estimate of drug-likeness (QED) is 0.896. The number of hydrogen-bond acceptors (Lipinski definition) is 2. The summed E-state index contributed by atoms with van der Waals surface area (Å²) >= 11 is 0. The Morgan fingerprint density at radius 2 is 1.79 bits per heavy atom. The molecule has 1 heterocycles. The Balaban J connectivity index is 1.45. The van der Waals surface area contributed by atoms with Gasteiger partial charge in [-0.05, 0) is 73.8 Å². The second-order valence-electron chi connectivity index (χ2n) is 6.81. The molecule has 2 nitrogen and oxygen atoms in total. The van der Waals surface area contributed by atoms with Crippen molar-refractivity contribution in [2.45, 2.75) is 32.1 Å². The molecule has 0 aromatic carbocycles. The highest BCUT2D eigenvalue weighted by molar-refractivity contribution is 5.35. The second-order valence-corrected chi connectivity index (χ2v) is 6.81. The highest BCUT2D eigenvalue weighted by Crippen LogP contribution is 2.56. The molecule has 0 unspecified atom stereocenters. The third-order valence-electron chi connectivity index (χ3n) is 5.69. The van der Waals surface area contributed by atoms with Gasteiger partial charge in [0.05, 0.1) is 0 Å². The molecule has 0 atom stereocenters. The zero-order valence-electron chi connectivity index (χ0n) is 11.2. The van der Waals surface area contributed by atoms with E-state index in [0.29, 0.717) is 5.82 Å². The van der Waals surface area contributed by atoms with Gasteiger partial charge in [-0.25, -0.2) is 9.37 Å². The first-order valence-electron chi connectivity index (χ1n) is 7.64. The van der Waals surface area contributed by atoms with Gasteiger partial charge in [-0.1, -0.05) is 0 Å². The van der Waals surface area contributed by atoms with Crippen molar-refractivity contribution in [1.82, 2.24) is 4.98 Å². The minimum atomic E-state index is -0.230. The number of nitrogens with one attached hydrogen (secondary N) is 1. The van der Waals surface area contributed by atoms with Crippen LogP contribution in [0.3, 0.4) is 0 Å². The largest absolute Gasteiger partial charge is 0.367 e. The summed E-state index contributed by atoms with van der Waals surface area (Å²) in [6.07, 6.45) is 8.83. The van der Waals surface area contributed by atoms with Crippen LogP contribution in [0.25, 0.3) is 0 Å². The molecule has 5 rings (SSSR count). The lowest BCUT2D eigenvalue weighted by Crippen LogP contribution is -2.47. The smallest absolute Gasteiger partial charge is 0.165 e. The summed E-state index contributed by atoms with van der Waals surface area (Å²) in [7, 11) is 0. The lowest BCUT2D eigenvalue weighted by Gasteiger charge is -2.54. The number of anilines is 1. The topological polar surface area (TPSA) is 24.9 Å². The van der Waals surface area contributed by atoms with Crippen LogP contribution in [0.5, 0.6) is 0 Å². The molecule has 3 heteroatoms. The molecule has 4 saturated carbocycles. The standard InChI is InChI=1S/C16H21FN2/c17-15-2-1-3-18-16(15)19-9-14-12-5-10-4-11(7-12)8-13(14)6-10/h1-3,10-14H,4-9H2,(H,18,19). The molecule has 1 aromatic rings. The maximum absolute atomic E-state index is 13.6. The molecule has 4 aliphatic carbocycles. The zero-order chi connectivity index (χ0) is 12.8. The van der Waals surface area contributed by atoms with Gasteiger partial charge in [-0.3, -0.25) is 0 Å². The third-order valence-corrected chi connectivity index (χ3v) is 5.69. The van der Waals surface area contributed by atoms with Gasteiger partial charge in [0, 0.05) is 12.7 Å². The second kappa shape index (κ2) is 4.46. The molecular weight excluding hydrogens is 239 g/mol. The van der Waals surface area contributed by atoms with Crippen molar-refractivity contribution in [3.63, 3.8) is 0 Å². The van der Waals surface area contributed by atoms with Crippen LogP contribution in [0.1, 0.15) is 32.1 Å². The van der Waals surface area contributed by atoms with Crippen molar-refractivity contribution in [2.24, 2.45) is 29.6 Å². The van der Waals surface area contributed by atoms with Crippen LogP contribution in [-0.2, 0) is 0 Å². The number of pyridine rings is 1. The lowest BCUT2D eigenvalue weighted by molar-refractivity contribution is -0.0305. The van der Waals surface area contributed by atoms with Crippen LogP contribution < -0.4 is 5.32 Å². The van der Waals surface area contributed by atoms with Crippen LogP contribution in [-0.4, -0.2) is 11.5 Å². The molecule has 102 valence electrons. The van der Waals surface area contributed by atoms with Crippen LogP contribution in [0, 0.1) is 35.4 Å². The Kier molecular flexibility index (Phi) is 2.75. The van der Waals surface area contributed by atoms with Gasteiger partial charge in [0.25, 0.3) is 0 Å². The molecule has 0 aliphatic heterocycles. The van der Waals surface area contributed by atoms with Gasteiger partial charge in [-0.2, -0.15) is 0 Å². The number of rotatable bonds is 3. The molecule has 0 spiro atoms. The fourth-order valence-electron chi connectivity index (χ4n) is 5.10. The summed E-state index contributed by atoms with van der Waals surface area (Å²) in [5.41, 5.74) is 0. The van der Waals surface area contributed by atoms with E-state index >= 15 is 0 Å². The minimum absolute atomic E-state index is 0.230. The highest BCUT2D eigenvalue weighted by atomic mass is 19.1. The molecule has 1 aromatic heterocycles. The fraction of sp³-hybridized carbons (Fsp3) is 0.688. The summed E-state index contributed by atoms with van der Waals surface area (Å²) in [6.45, 7) is 0.905. The normalized spacial score (nSPS) is 39.5. The van der Waals surface area contributed by atoms with Gasteiger partial charge in [0.15, 0.2) is 11.6 Å². The van der Waals surface area contributed by atoms with Gasteiger partial charge in [0.1, 0.15) is 0 Å². The van der Waals surface area contributed by atoms with Gasteiger partial charge in [-0.15, -0.1) is 0 Å². The van der Waals surface area contributed by atoms with E-state index in [4.69, 9.17) is 0 Å². The zero-order valence-corrected chi connectivity index (χ0v) is 11.2. The molecule has 4 fully saturated rings. The maximum atomic E-state index is 13.6.